The van der Waals surface area contributed by atoms with Crippen LogP contribution in [0, 0.1) is 11.8 Å². The maximum absolute atomic E-state index is 2.33. The molecule has 0 heterocycles. The summed E-state index contributed by atoms with van der Waals surface area (Å²) in [7, 11) is 0. The van der Waals surface area contributed by atoms with Gasteiger partial charge in [-0.15, -0.1) is 95.4 Å². The summed E-state index contributed by atoms with van der Waals surface area (Å²) < 4.78 is 1.51. The smallest absolute Gasteiger partial charge is 0.147 e. The first-order valence-electron chi connectivity index (χ1n) is 15.3. The Bertz CT molecular complexity index is 1810. The van der Waals surface area contributed by atoms with Gasteiger partial charge >= 0.3 is 41.3 Å². The molecule has 0 radical (unpaired) electrons. The SMILES string of the molecule is C1=CC=C2C(=CC[C-]2c2cccc3ccccc23)C=C1.C1=CC=C2C(=CC[C-]2c2cccc3ccccc23)C=C1.C[C](C)=[Zr+2].Cl.Cl. The number of rotatable bonds is 2. The summed E-state index contributed by atoms with van der Waals surface area (Å²) in [6, 6.07) is 30.4. The van der Waals surface area contributed by atoms with Gasteiger partial charge in [0.2, 0.25) is 0 Å². The summed E-state index contributed by atoms with van der Waals surface area (Å²) in [5, 5.41) is 5.31. The molecule has 0 saturated carbocycles. The Balaban J connectivity index is 0.000000180. The predicted octanol–water partition coefficient (Wildman–Crippen LogP) is 11.9. The number of benzene rings is 4. The molecule has 4 aromatic carbocycles. The van der Waals surface area contributed by atoms with Crippen LogP contribution < -0.4 is 0 Å². The second-order valence-electron chi connectivity index (χ2n) is 11.4. The summed E-state index contributed by atoms with van der Waals surface area (Å²) in [4.78, 5) is 0. The van der Waals surface area contributed by atoms with Crippen LogP contribution >= 0.6 is 24.8 Å². The third kappa shape index (κ3) is 8.02. The van der Waals surface area contributed by atoms with Gasteiger partial charge in [0.1, 0.15) is 0 Å². The Morgan fingerprint density at radius 2 is 0.913 bits per heavy atom. The molecule has 4 aromatic rings. The molecule has 8 rings (SSSR count). The van der Waals surface area contributed by atoms with Crippen LogP contribution in [-0.2, 0) is 24.2 Å². The Kier molecular flexibility index (Phi) is 12.9. The van der Waals surface area contributed by atoms with Crippen LogP contribution in [0.5, 0.6) is 0 Å². The molecular formula is C43H38Cl2Zr. The zero-order valence-corrected chi connectivity index (χ0v) is 30.3. The molecular weight excluding hydrogens is 679 g/mol. The molecule has 0 atom stereocenters. The minimum atomic E-state index is 0. The zero-order valence-electron chi connectivity index (χ0n) is 26.2. The average Bonchev–Trinajstić information content (AvgIpc) is 3.44. The van der Waals surface area contributed by atoms with Crippen molar-refractivity contribution in [3.63, 3.8) is 0 Å². The van der Waals surface area contributed by atoms with Crippen LogP contribution in [0.15, 0.2) is 180 Å². The summed E-state index contributed by atoms with van der Waals surface area (Å²) in [5.74, 6) is 2.88. The largest absolute Gasteiger partial charge is 0.147 e. The monoisotopic (exact) mass is 714 g/mol. The molecule has 0 amide bonds. The number of halogens is 2. The predicted molar refractivity (Wildman–Crippen MR) is 202 cm³/mol. The Hall–Kier alpha value is -3.61. The van der Waals surface area contributed by atoms with Crippen LogP contribution in [0.25, 0.3) is 21.5 Å². The van der Waals surface area contributed by atoms with Crippen LogP contribution in [0.2, 0.25) is 0 Å². The van der Waals surface area contributed by atoms with E-state index in [0.717, 1.165) is 12.8 Å². The molecule has 0 aliphatic heterocycles. The fraction of sp³-hybridized carbons (Fsp3) is 0.0930. The van der Waals surface area contributed by atoms with Gasteiger partial charge in [-0.05, 0) is 12.8 Å². The zero-order chi connectivity index (χ0) is 30.3. The van der Waals surface area contributed by atoms with Crippen molar-refractivity contribution in [2.75, 3.05) is 0 Å². The van der Waals surface area contributed by atoms with E-state index in [1.54, 1.807) is 24.2 Å². The standard InChI is InChI=1S/2C20H15.C3H6.2ClH.Zr/c2*1-2-7-16-13-14-20(18(16)10-3-1)19-12-6-9-15-8-4-5-11-17(15)19;1-3-2;;;/h2*1-13H,14H2;1-2H3;2*1H;/q2*-1;;;;+2. The molecule has 0 nitrogen and oxygen atoms in total. The molecule has 4 aliphatic carbocycles. The van der Waals surface area contributed by atoms with E-state index in [1.807, 2.05) is 0 Å². The molecule has 4 aliphatic rings. The van der Waals surface area contributed by atoms with Crippen molar-refractivity contribution in [2.45, 2.75) is 26.7 Å². The quantitative estimate of drug-likeness (QED) is 0.181. The Morgan fingerprint density at radius 1 is 0.522 bits per heavy atom. The van der Waals surface area contributed by atoms with Crippen molar-refractivity contribution in [1.82, 2.24) is 0 Å². The van der Waals surface area contributed by atoms with Gasteiger partial charge in [-0.25, -0.2) is 0 Å². The molecule has 3 heteroatoms. The maximum atomic E-state index is 2.33. The van der Waals surface area contributed by atoms with Crippen molar-refractivity contribution in [3.05, 3.63) is 203 Å². The van der Waals surface area contributed by atoms with Gasteiger partial charge in [-0.1, -0.05) is 154 Å². The van der Waals surface area contributed by atoms with Gasteiger partial charge in [0, 0.05) is 0 Å². The molecule has 0 spiro atoms. The maximum Gasteiger partial charge on any atom is -0.147 e. The second-order valence-corrected chi connectivity index (χ2v) is 13.8. The minimum absolute atomic E-state index is 0. The Morgan fingerprint density at radius 3 is 1.35 bits per heavy atom. The first kappa shape index (κ1) is 35.3. The number of fused-ring (bicyclic) bond motifs is 4. The van der Waals surface area contributed by atoms with Gasteiger partial charge < -0.3 is 0 Å². The van der Waals surface area contributed by atoms with E-state index in [2.05, 4.69) is 172 Å². The molecule has 0 fully saturated rings. The van der Waals surface area contributed by atoms with Crippen LogP contribution in [0.3, 0.4) is 0 Å². The van der Waals surface area contributed by atoms with Gasteiger partial charge in [0.05, 0.1) is 0 Å². The number of hydrogen-bond donors (Lipinski definition) is 0. The third-order valence-electron chi connectivity index (χ3n) is 8.08. The van der Waals surface area contributed by atoms with E-state index in [0.29, 0.717) is 0 Å². The number of allylic oxidation sites excluding steroid dienone is 16. The molecule has 0 aromatic heterocycles. The van der Waals surface area contributed by atoms with Crippen molar-refractivity contribution in [3.8, 4) is 0 Å². The normalized spacial score (nSPS) is 15.3. The summed E-state index contributed by atoms with van der Waals surface area (Å²) >= 11 is 1.55. The fourth-order valence-corrected chi connectivity index (χ4v) is 6.16. The number of hydrogen-bond acceptors (Lipinski definition) is 0. The van der Waals surface area contributed by atoms with Crippen molar-refractivity contribution in [2.24, 2.45) is 0 Å². The first-order valence-corrected chi connectivity index (χ1v) is 16.5. The second kappa shape index (κ2) is 16.8. The van der Waals surface area contributed by atoms with Gasteiger partial charge in [0.25, 0.3) is 0 Å². The average molecular weight is 717 g/mol. The van der Waals surface area contributed by atoms with Crippen molar-refractivity contribution < 1.29 is 24.2 Å². The van der Waals surface area contributed by atoms with Gasteiger partial charge in [-0.2, -0.15) is 0 Å². The Labute approximate surface area is 301 Å². The summed E-state index contributed by atoms with van der Waals surface area (Å²) in [5.41, 5.74) is 8.15. The third-order valence-corrected chi connectivity index (χ3v) is 8.08. The van der Waals surface area contributed by atoms with Crippen LogP contribution in [-0.4, -0.2) is 3.21 Å². The van der Waals surface area contributed by atoms with E-state index in [-0.39, 0.29) is 24.8 Å². The molecule has 46 heavy (non-hydrogen) atoms. The van der Waals surface area contributed by atoms with Crippen LogP contribution in [0.1, 0.15) is 37.8 Å². The molecule has 0 saturated heterocycles. The summed E-state index contributed by atoms with van der Waals surface area (Å²) in [6.07, 6.45) is 28.2. The van der Waals surface area contributed by atoms with E-state index >= 15 is 0 Å². The first-order chi connectivity index (χ1) is 21.6. The molecule has 228 valence electrons. The van der Waals surface area contributed by atoms with E-state index in [1.165, 1.54) is 70.0 Å². The topological polar surface area (TPSA) is 0 Å². The molecule has 0 bridgehead atoms. The molecule has 0 N–H and O–H groups in total. The molecule has 0 unspecified atom stereocenters. The van der Waals surface area contributed by atoms with E-state index in [9.17, 15) is 0 Å². The van der Waals surface area contributed by atoms with Crippen LogP contribution in [0.4, 0.5) is 0 Å². The van der Waals surface area contributed by atoms with Crippen molar-refractivity contribution in [1.29, 1.82) is 0 Å². The fourth-order valence-electron chi connectivity index (χ4n) is 6.16. The summed E-state index contributed by atoms with van der Waals surface area (Å²) in [6.45, 7) is 4.25. The van der Waals surface area contributed by atoms with E-state index in [4.69, 9.17) is 0 Å². The van der Waals surface area contributed by atoms with Gasteiger partial charge in [-0.3, -0.25) is 0 Å². The van der Waals surface area contributed by atoms with Gasteiger partial charge in [0.15, 0.2) is 0 Å². The van der Waals surface area contributed by atoms with Crippen molar-refractivity contribution >= 4 is 49.6 Å². The van der Waals surface area contributed by atoms with E-state index < -0.39 is 0 Å². The minimum Gasteiger partial charge on any atom is -0.147 e.